The van der Waals surface area contributed by atoms with Crippen LogP contribution in [-0.2, 0) is 10.3 Å². The Bertz CT molecular complexity index is 967. The molecular weight excluding hydrogens is 362 g/mol. The molecule has 2 aromatic carbocycles. The molecule has 148 valence electrons. The summed E-state index contributed by atoms with van der Waals surface area (Å²) in [6, 6.07) is 20.0. The van der Waals surface area contributed by atoms with Gasteiger partial charge in [0.15, 0.2) is 0 Å². The van der Waals surface area contributed by atoms with Gasteiger partial charge in [-0.05, 0) is 29.7 Å². The number of nitrogens with zero attached hydrogens (tertiary/aromatic N) is 2. The third kappa shape index (κ3) is 3.68. The van der Waals surface area contributed by atoms with Gasteiger partial charge in [-0.25, -0.2) is 4.79 Å². The van der Waals surface area contributed by atoms with Crippen LogP contribution in [0.1, 0.15) is 36.9 Å². The van der Waals surface area contributed by atoms with E-state index in [1.807, 2.05) is 61.5 Å². The summed E-state index contributed by atoms with van der Waals surface area (Å²) in [5, 5.41) is 6.96. The van der Waals surface area contributed by atoms with E-state index in [4.69, 9.17) is 4.74 Å². The number of ether oxygens (including phenoxy) is 1. The number of aromatic amines is 1. The fourth-order valence-corrected chi connectivity index (χ4v) is 4.00. The lowest BCUT2D eigenvalue weighted by atomic mass is 9.85. The number of carbonyl (C=O) groups is 1. The highest BCUT2D eigenvalue weighted by atomic mass is 16.6. The lowest BCUT2D eigenvalue weighted by Gasteiger charge is -2.43. The molecule has 1 aliphatic rings. The predicted molar refractivity (Wildman–Crippen MR) is 113 cm³/mol. The Labute approximate surface area is 171 Å². The monoisotopic (exact) mass is 387 g/mol. The van der Waals surface area contributed by atoms with Crippen molar-refractivity contribution < 1.29 is 9.53 Å². The van der Waals surface area contributed by atoms with Crippen molar-refractivity contribution >= 4 is 6.09 Å². The van der Waals surface area contributed by atoms with Crippen molar-refractivity contribution in [2.75, 3.05) is 6.54 Å². The Morgan fingerprint density at radius 1 is 1.21 bits per heavy atom. The normalized spacial score (nSPS) is 20.2. The van der Waals surface area contributed by atoms with E-state index in [9.17, 15) is 4.79 Å². The first kappa shape index (κ1) is 19.0. The second kappa shape index (κ2) is 7.95. The second-order valence-corrected chi connectivity index (χ2v) is 7.43. The molecule has 0 spiro atoms. The van der Waals surface area contributed by atoms with Crippen LogP contribution in [0.25, 0.3) is 11.3 Å². The number of aromatic nitrogens is 2. The third-order valence-corrected chi connectivity index (χ3v) is 5.72. The molecule has 1 N–H and O–H groups in total. The first-order valence-corrected chi connectivity index (χ1v) is 9.89. The van der Waals surface area contributed by atoms with E-state index in [1.165, 1.54) is 0 Å². The van der Waals surface area contributed by atoms with Crippen LogP contribution >= 0.6 is 0 Å². The van der Waals surface area contributed by atoms with Crippen LogP contribution < -0.4 is 0 Å². The number of hydrogen-bond donors (Lipinski definition) is 1. The van der Waals surface area contributed by atoms with Crippen molar-refractivity contribution in [1.82, 2.24) is 15.1 Å². The van der Waals surface area contributed by atoms with Crippen LogP contribution in [-0.4, -0.2) is 27.7 Å². The molecule has 5 nitrogen and oxygen atoms in total. The lowest BCUT2D eigenvalue weighted by Crippen LogP contribution is -2.48. The zero-order valence-corrected chi connectivity index (χ0v) is 16.5. The fraction of sp³-hybridized carbons (Fsp3) is 0.250. The largest absolute Gasteiger partial charge is 0.437 e. The molecule has 1 saturated heterocycles. The Kier molecular flexibility index (Phi) is 5.21. The van der Waals surface area contributed by atoms with Crippen molar-refractivity contribution in [2.45, 2.75) is 31.4 Å². The summed E-state index contributed by atoms with van der Waals surface area (Å²) in [5.74, 6) is 0. The molecule has 2 heterocycles. The number of carbonyl (C=O) groups excluding carboxylic acids is 1. The number of amides is 1. The summed E-state index contributed by atoms with van der Waals surface area (Å²) in [6.07, 6.45) is 4.60. The number of hydrogen-bond acceptors (Lipinski definition) is 3. The number of H-pyrrole nitrogens is 1. The fourth-order valence-electron chi connectivity index (χ4n) is 4.00. The zero-order valence-electron chi connectivity index (χ0n) is 16.5. The van der Waals surface area contributed by atoms with E-state index in [2.05, 4.69) is 28.9 Å². The number of cyclic esters (lactones) is 1. The molecule has 1 amide bonds. The van der Waals surface area contributed by atoms with Gasteiger partial charge in [-0.15, -0.1) is 6.58 Å². The van der Waals surface area contributed by atoms with Gasteiger partial charge in [-0.2, -0.15) is 5.10 Å². The maximum absolute atomic E-state index is 13.0. The van der Waals surface area contributed by atoms with E-state index in [1.54, 1.807) is 11.1 Å². The molecule has 1 aliphatic heterocycles. The van der Waals surface area contributed by atoms with Crippen LogP contribution in [0, 0.1) is 0 Å². The van der Waals surface area contributed by atoms with E-state index in [0.717, 1.165) is 28.8 Å². The highest BCUT2D eigenvalue weighted by molar-refractivity contribution is 5.70. The maximum atomic E-state index is 13.0. The van der Waals surface area contributed by atoms with Gasteiger partial charge in [0.2, 0.25) is 0 Å². The van der Waals surface area contributed by atoms with E-state index >= 15 is 0 Å². The Morgan fingerprint density at radius 2 is 1.97 bits per heavy atom. The average molecular weight is 387 g/mol. The molecule has 1 fully saturated rings. The first-order chi connectivity index (χ1) is 14.1. The first-order valence-electron chi connectivity index (χ1n) is 9.89. The molecular formula is C24H25N3O2. The third-order valence-electron chi connectivity index (χ3n) is 5.72. The highest BCUT2D eigenvalue weighted by Gasteiger charge is 2.42. The number of nitrogens with one attached hydrogen (secondary N) is 1. The van der Waals surface area contributed by atoms with Gasteiger partial charge in [0.25, 0.3) is 0 Å². The summed E-state index contributed by atoms with van der Waals surface area (Å²) in [4.78, 5) is 14.8. The maximum Gasteiger partial charge on any atom is 0.411 e. The molecule has 0 radical (unpaired) electrons. The lowest BCUT2D eigenvalue weighted by molar-refractivity contribution is -0.0588. The standard InChI is InChI=1S/C24H25N3O2/c1-3-14-24(21-7-5-4-6-8-21)15-17-27(23(28)29-24)18(2)19-9-11-20(12-10-19)22-13-16-25-26-22/h3-13,16,18H,1,14-15,17H2,2H3,(H,25,26)/t18-,24+/m0/s1. The van der Waals surface area contributed by atoms with Gasteiger partial charge in [0.05, 0.1) is 11.7 Å². The molecule has 0 aliphatic carbocycles. The van der Waals surface area contributed by atoms with Gasteiger partial charge < -0.3 is 9.64 Å². The summed E-state index contributed by atoms with van der Waals surface area (Å²) >= 11 is 0. The minimum absolute atomic E-state index is 0.0733. The molecule has 3 aromatic rings. The van der Waals surface area contributed by atoms with Crippen LogP contribution in [0.15, 0.2) is 79.5 Å². The Hall–Kier alpha value is -3.34. The molecule has 0 unspecified atom stereocenters. The van der Waals surface area contributed by atoms with Crippen molar-refractivity contribution in [1.29, 1.82) is 0 Å². The van der Waals surface area contributed by atoms with Gasteiger partial charge >= 0.3 is 6.09 Å². The van der Waals surface area contributed by atoms with Gasteiger partial charge in [-0.3, -0.25) is 5.10 Å². The van der Waals surface area contributed by atoms with Crippen molar-refractivity contribution in [3.63, 3.8) is 0 Å². The van der Waals surface area contributed by atoms with Crippen molar-refractivity contribution in [3.05, 3.63) is 90.6 Å². The number of rotatable bonds is 6. The minimum atomic E-state index is -0.638. The zero-order chi connectivity index (χ0) is 20.3. The summed E-state index contributed by atoms with van der Waals surface area (Å²) < 4.78 is 6.04. The quantitative estimate of drug-likeness (QED) is 0.572. The van der Waals surface area contributed by atoms with Gasteiger partial charge in [0.1, 0.15) is 5.60 Å². The smallest absolute Gasteiger partial charge is 0.411 e. The average Bonchev–Trinajstić information content (AvgIpc) is 3.29. The van der Waals surface area contributed by atoms with E-state index in [-0.39, 0.29) is 12.1 Å². The van der Waals surface area contributed by atoms with E-state index < -0.39 is 5.60 Å². The molecule has 5 heteroatoms. The molecule has 29 heavy (non-hydrogen) atoms. The van der Waals surface area contributed by atoms with Crippen LogP contribution in [0.5, 0.6) is 0 Å². The van der Waals surface area contributed by atoms with Crippen molar-refractivity contribution in [2.24, 2.45) is 0 Å². The Balaban J connectivity index is 1.52. The Morgan fingerprint density at radius 3 is 2.59 bits per heavy atom. The van der Waals surface area contributed by atoms with Crippen LogP contribution in [0.4, 0.5) is 4.79 Å². The minimum Gasteiger partial charge on any atom is -0.437 e. The molecule has 0 saturated carbocycles. The van der Waals surface area contributed by atoms with Gasteiger partial charge in [0, 0.05) is 25.6 Å². The SMILES string of the molecule is C=CC[C@]1(c2ccccc2)CCN([C@@H](C)c2ccc(-c3ccn[nH]3)cc2)C(=O)O1. The summed E-state index contributed by atoms with van der Waals surface area (Å²) in [6.45, 7) is 6.54. The molecule has 2 atom stereocenters. The summed E-state index contributed by atoms with van der Waals surface area (Å²) in [5.41, 5.74) is 3.49. The molecule has 4 rings (SSSR count). The number of benzene rings is 2. The van der Waals surface area contributed by atoms with E-state index in [0.29, 0.717) is 13.0 Å². The predicted octanol–water partition coefficient (Wildman–Crippen LogP) is 5.45. The molecule has 0 bridgehead atoms. The molecule has 1 aromatic heterocycles. The van der Waals surface area contributed by atoms with Gasteiger partial charge in [-0.1, -0.05) is 60.7 Å². The van der Waals surface area contributed by atoms with Crippen LogP contribution in [0.3, 0.4) is 0 Å². The topological polar surface area (TPSA) is 58.2 Å². The second-order valence-electron chi connectivity index (χ2n) is 7.43. The van der Waals surface area contributed by atoms with Crippen LogP contribution in [0.2, 0.25) is 0 Å². The highest BCUT2D eigenvalue weighted by Crippen LogP contribution is 2.39. The van der Waals surface area contributed by atoms with Crippen molar-refractivity contribution in [3.8, 4) is 11.3 Å². The summed E-state index contributed by atoms with van der Waals surface area (Å²) in [7, 11) is 0.